The molecule has 2 fully saturated rings. The minimum atomic E-state index is -0.634. The fourth-order valence-corrected chi connectivity index (χ4v) is 7.54. The number of likely N-dealkylation sites (tertiary alicyclic amines) is 1. The van der Waals surface area contributed by atoms with E-state index in [1.807, 2.05) is 57.1 Å². The van der Waals surface area contributed by atoms with Crippen LogP contribution in [-0.4, -0.2) is 85.5 Å². The van der Waals surface area contributed by atoms with Gasteiger partial charge in [0.1, 0.15) is 6.04 Å². The number of hydrogen-bond donors (Lipinski definition) is 1. The Morgan fingerprint density at radius 1 is 1.00 bits per heavy atom. The average molecular weight is 653 g/mol. The van der Waals surface area contributed by atoms with Gasteiger partial charge in [0.2, 0.25) is 5.91 Å². The van der Waals surface area contributed by atoms with Gasteiger partial charge in [-0.15, -0.1) is 0 Å². The molecule has 4 heterocycles. The van der Waals surface area contributed by atoms with Crippen molar-refractivity contribution in [1.29, 1.82) is 0 Å². The second-order valence-corrected chi connectivity index (χ2v) is 14.7. The highest BCUT2D eigenvalue weighted by atomic mass is 35.5. The van der Waals surface area contributed by atoms with Gasteiger partial charge in [-0.3, -0.25) is 14.7 Å². The first-order valence-corrected chi connectivity index (χ1v) is 16.7. The Balaban J connectivity index is 1.32. The van der Waals surface area contributed by atoms with E-state index in [1.165, 1.54) is 5.56 Å². The van der Waals surface area contributed by atoms with Crippen molar-refractivity contribution in [2.24, 2.45) is 5.92 Å². The van der Waals surface area contributed by atoms with Crippen LogP contribution in [0.4, 0.5) is 4.79 Å². The quantitative estimate of drug-likeness (QED) is 0.402. The van der Waals surface area contributed by atoms with Crippen LogP contribution >= 0.6 is 23.2 Å². The van der Waals surface area contributed by atoms with Gasteiger partial charge in [0, 0.05) is 62.2 Å². The minimum absolute atomic E-state index is 0.00418. The molecule has 3 aromatic rings. The van der Waals surface area contributed by atoms with Crippen LogP contribution in [0.3, 0.4) is 0 Å². The molecule has 1 aliphatic carbocycles. The lowest BCUT2D eigenvalue weighted by atomic mass is 9.94. The summed E-state index contributed by atoms with van der Waals surface area (Å²) in [6.45, 7) is 11.5. The highest BCUT2D eigenvalue weighted by Crippen LogP contribution is 2.39. The molecule has 2 aromatic heterocycles. The number of hydrogen-bond acceptors (Lipinski definition) is 5. The van der Waals surface area contributed by atoms with Crippen molar-refractivity contribution in [2.45, 2.75) is 77.5 Å². The van der Waals surface area contributed by atoms with Crippen molar-refractivity contribution in [1.82, 2.24) is 34.6 Å². The number of urea groups is 1. The number of imidazole rings is 1. The predicted octanol–water partition coefficient (Wildman–Crippen LogP) is 5.51. The average Bonchev–Trinajstić information content (AvgIpc) is 3.33. The van der Waals surface area contributed by atoms with Crippen molar-refractivity contribution in [3.8, 4) is 0 Å². The van der Waals surface area contributed by atoms with E-state index >= 15 is 0 Å². The molecule has 2 saturated heterocycles. The molecule has 0 saturated carbocycles. The van der Waals surface area contributed by atoms with Crippen molar-refractivity contribution in [3.63, 3.8) is 0 Å². The van der Waals surface area contributed by atoms with Gasteiger partial charge >= 0.3 is 6.03 Å². The third-order valence-corrected chi connectivity index (χ3v) is 9.60. The zero-order valence-corrected chi connectivity index (χ0v) is 28.1. The number of amides is 3. The molecule has 6 rings (SSSR count). The van der Waals surface area contributed by atoms with E-state index in [2.05, 4.69) is 32.0 Å². The summed E-state index contributed by atoms with van der Waals surface area (Å²) in [6, 6.07) is 7.05. The first kappa shape index (κ1) is 31.8. The fourth-order valence-electron chi connectivity index (χ4n) is 7.16. The molecular formula is C34H43Cl2N7O2. The zero-order valence-electron chi connectivity index (χ0n) is 26.6. The number of pyridine rings is 1. The molecule has 11 heteroatoms. The van der Waals surface area contributed by atoms with Crippen LogP contribution in [0.2, 0.25) is 10.0 Å². The molecule has 45 heavy (non-hydrogen) atoms. The fraction of sp³-hybridized carbons (Fsp3) is 0.529. The topological polar surface area (TPSA) is 86.6 Å². The van der Waals surface area contributed by atoms with Crippen molar-refractivity contribution >= 4 is 35.1 Å². The summed E-state index contributed by atoms with van der Waals surface area (Å²) < 4.78 is 2.12. The van der Waals surface area contributed by atoms with Crippen LogP contribution in [0.1, 0.15) is 67.7 Å². The summed E-state index contributed by atoms with van der Waals surface area (Å²) in [5, 5.41) is 4.42. The monoisotopic (exact) mass is 651 g/mol. The zero-order chi connectivity index (χ0) is 31.9. The summed E-state index contributed by atoms with van der Waals surface area (Å²) in [6.07, 6.45) is 9.24. The Kier molecular flexibility index (Phi) is 9.14. The van der Waals surface area contributed by atoms with E-state index in [0.29, 0.717) is 48.7 Å². The number of benzene rings is 1. The lowest BCUT2D eigenvalue weighted by Crippen LogP contribution is -2.65. The van der Waals surface area contributed by atoms with E-state index in [0.717, 1.165) is 54.7 Å². The highest BCUT2D eigenvalue weighted by Gasteiger charge is 2.43. The van der Waals surface area contributed by atoms with Gasteiger partial charge in [-0.25, -0.2) is 9.78 Å². The SMILES string of the molecule is Cc1cn(C[C@@H]2CCCN(C(=O)[C@H]3CN(C4c5ccc(Cl)cc5CCc5cc(Cl)cnc54)CCN3C(=O)NC(C)(C)C)C2)cn1. The summed E-state index contributed by atoms with van der Waals surface area (Å²) in [5.74, 6) is 0.330. The van der Waals surface area contributed by atoms with Crippen LogP contribution in [0.15, 0.2) is 43.0 Å². The number of carbonyl (C=O) groups excluding carboxylic acids is 2. The number of nitrogens with one attached hydrogen (secondary N) is 1. The molecule has 0 bridgehead atoms. The number of aryl methyl sites for hydroxylation is 3. The van der Waals surface area contributed by atoms with E-state index in [-0.39, 0.29) is 18.0 Å². The first-order valence-electron chi connectivity index (χ1n) is 16.0. The maximum Gasteiger partial charge on any atom is 0.318 e. The lowest BCUT2D eigenvalue weighted by Gasteiger charge is -2.46. The van der Waals surface area contributed by atoms with Gasteiger partial charge in [-0.2, -0.15) is 0 Å². The van der Waals surface area contributed by atoms with Crippen LogP contribution in [-0.2, 0) is 24.2 Å². The number of piperidine rings is 1. The van der Waals surface area contributed by atoms with Crippen LogP contribution in [0.25, 0.3) is 0 Å². The van der Waals surface area contributed by atoms with E-state index in [9.17, 15) is 9.59 Å². The summed E-state index contributed by atoms with van der Waals surface area (Å²) in [5.41, 5.74) is 4.92. The maximum atomic E-state index is 14.5. The van der Waals surface area contributed by atoms with E-state index in [1.54, 1.807) is 11.1 Å². The molecule has 9 nitrogen and oxygen atoms in total. The number of fused-ring (bicyclic) bond motifs is 2. The van der Waals surface area contributed by atoms with Gasteiger partial charge in [0.25, 0.3) is 0 Å². The third kappa shape index (κ3) is 7.16. The second-order valence-electron chi connectivity index (χ2n) is 13.8. The highest BCUT2D eigenvalue weighted by molar-refractivity contribution is 6.30. The van der Waals surface area contributed by atoms with Crippen LogP contribution < -0.4 is 5.32 Å². The van der Waals surface area contributed by atoms with Crippen molar-refractivity contribution in [2.75, 3.05) is 32.7 Å². The van der Waals surface area contributed by atoms with Crippen molar-refractivity contribution in [3.05, 3.63) is 81.1 Å². The van der Waals surface area contributed by atoms with Gasteiger partial charge in [-0.05, 0) is 94.2 Å². The van der Waals surface area contributed by atoms with Crippen molar-refractivity contribution < 1.29 is 9.59 Å². The van der Waals surface area contributed by atoms with Gasteiger partial charge in [0.05, 0.1) is 28.8 Å². The number of carbonyl (C=O) groups is 2. The number of rotatable bonds is 4. The van der Waals surface area contributed by atoms with Crippen LogP contribution in [0, 0.1) is 12.8 Å². The summed E-state index contributed by atoms with van der Waals surface area (Å²) in [4.78, 5) is 43.5. The summed E-state index contributed by atoms with van der Waals surface area (Å²) in [7, 11) is 0. The molecule has 1 aromatic carbocycles. The van der Waals surface area contributed by atoms with E-state index < -0.39 is 11.6 Å². The second kappa shape index (κ2) is 12.9. The molecule has 240 valence electrons. The Labute approximate surface area is 275 Å². The molecule has 3 amide bonds. The molecule has 3 aliphatic rings. The van der Waals surface area contributed by atoms with Gasteiger partial charge in [-0.1, -0.05) is 29.3 Å². The van der Waals surface area contributed by atoms with Gasteiger partial charge in [0.15, 0.2) is 0 Å². The Morgan fingerprint density at radius 2 is 1.78 bits per heavy atom. The third-order valence-electron chi connectivity index (χ3n) is 9.16. The molecular weight excluding hydrogens is 609 g/mol. The van der Waals surface area contributed by atoms with Gasteiger partial charge < -0.3 is 19.7 Å². The smallest absolute Gasteiger partial charge is 0.318 e. The molecule has 3 atom stereocenters. The molecule has 0 radical (unpaired) electrons. The molecule has 1 unspecified atom stereocenters. The maximum absolute atomic E-state index is 14.5. The Hall–Kier alpha value is -3.14. The predicted molar refractivity (Wildman–Crippen MR) is 177 cm³/mol. The number of aromatic nitrogens is 3. The minimum Gasteiger partial charge on any atom is -0.341 e. The normalized spacial score (nSPS) is 22.4. The Bertz CT molecular complexity index is 1510. The van der Waals surface area contributed by atoms with Crippen LogP contribution in [0.5, 0.6) is 0 Å². The van der Waals surface area contributed by atoms with E-state index in [4.69, 9.17) is 28.2 Å². The number of halogens is 2. The lowest BCUT2D eigenvalue weighted by molar-refractivity contribution is -0.140. The summed E-state index contributed by atoms with van der Waals surface area (Å²) >= 11 is 12.9. The first-order chi connectivity index (χ1) is 21.4. The number of piperazine rings is 1. The largest absolute Gasteiger partial charge is 0.341 e. The number of nitrogens with zero attached hydrogens (tertiary/aromatic N) is 6. The standard InChI is InChI=1S/C34H43Cl2N7O2/c1-22-17-40(21-38-22)18-23-6-5-11-42(19-23)32(44)29-20-41(12-13-43(29)33(45)39-34(2,3)4)31-28-10-9-26(35)14-24(28)7-8-25-15-27(36)16-37-30(25)31/h9-10,14-17,21,23,29,31H,5-8,11-13,18-20H2,1-4H3,(H,39,45)/t23-,29+,31?/m0/s1. The molecule has 2 aliphatic heterocycles. The molecule has 0 spiro atoms. The Morgan fingerprint density at radius 3 is 2.53 bits per heavy atom. The molecule has 1 N–H and O–H groups in total.